The monoisotopic (exact) mass is 289 g/mol. The number of hydrogen-bond donors (Lipinski definition) is 0. The molecule has 0 saturated carbocycles. The van der Waals surface area contributed by atoms with Gasteiger partial charge in [-0.2, -0.15) is 0 Å². The van der Waals surface area contributed by atoms with Crippen LogP contribution in [0.3, 0.4) is 0 Å². The Kier molecular flexibility index (Phi) is 3.85. The lowest BCUT2D eigenvalue weighted by atomic mass is 10.2. The lowest BCUT2D eigenvalue weighted by Crippen LogP contribution is -2.41. The van der Waals surface area contributed by atoms with Crippen LogP contribution in [0.1, 0.15) is 6.92 Å². The number of aromatic nitrogens is 2. The summed E-state index contributed by atoms with van der Waals surface area (Å²) in [4.78, 5) is 11.1. The maximum Gasteiger partial charge on any atom is 0.163 e. The third kappa shape index (κ3) is 2.92. The van der Waals surface area contributed by atoms with E-state index in [9.17, 15) is 0 Å². The van der Waals surface area contributed by atoms with Gasteiger partial charge in [-0.05, 0) is 6.92 Å². The summed E-state index contributed by atoms with van der Waals surface area (Å²) in [6.45, 7) is 4.42. The molecular formula is C15H16ClN3O. The number of rotatable bonds is 2. The molecule has 104 valence electrons. The number of morpholine rings is 1. The van der Waals surface area contributed by atoms with Gasteiger partial charge in [-0.1, -0.05) is 41.9 Å². The minimum atomic E-state index is 0.206. The van der Waals surface area contributed by atoms with E-state index in [2.05, 4.69) is 21.8 Å². The second kappa shape index (κ2) is 5.77. The molecule has 4 nitrogen and oxygen atoms in total. The fourth-order valence-electron chi connectivity index (χ4n) is 2.31. The van der Waals surface area contributed by atoms with Crippen LogP contribution in [-0.4, -0.2) is 35.8 Å². The number of nitrogens with zero attached hydrogens (tertiary/aromatic N) is 3. The average Bonchev–Trinajstić information content (AvgIpc) is 2.47. The lowest BCUT2D eigenvalue weighted by molar-refractivity contribution is 0.0529. The van der Waals surface area contributed by atoms with Gasteiger partial charge in [0.2, 0.25) is 0 Å². The smallest absolute Gasteiger partial charge is 0.163 e. The molecule has 1 aliphatic rings. The van der Waals surface area contributed by atoms with Crippen molar-refractivity contribution in [2.75, 3.05) is 24.6 Å². The first kappa shape index (κ1) is 13.3. The van der Waals surface area contributed by atoms with Crippen LogP contribution in [0.15, 0.2) is 36.4 Å². The summed E-state index contributed by atoms with van der Waals surface area (Å²) in [6, 6.07) is 11.7. The van der Waals surface area contributed by atoms with Gasteiger partial charge in [0.05, 0.1) is 12.7 Å². The molecule has 5 heteroatoms. The summed E-state index contributed by atoms with van der Waals surface area (Å²) in [7, 11) is 0. The van der Waals surface area contributed by atoms with Gasteiger partial charge in [-0.15, -0.1) is 0 Å². The summed E-state index contributed by atoms with van der Waals surface area (Å²) in [5.74, 6) is 1.52. The quantitative estimate of drug-likeness (QED) is 0.797. The second-order valence-electron chi connectivity index (χ2n) is 4.87. The third-order valence-electron chi connectivity index (χ3n) is 3.28. The average molecular weight is 290 g/mol. The van der Waals surface area contributed by atoms with Gasteiger partial charge >= 0.3 is 0 Å². The largest absolute Gasteiger partial charge is 0.375 e. The van der Waals surface area contributed by atoms with Gasteiger partial charge in [-0.25, -0.2) is 9.97 Å². The highest BCUT2D eigenvalue weighted by molar-refractivity contribution is 6.29. The van der Waals surface area contributed by atoms with E-state index in [1.807, 2.05) is 36.4 Å². The van der Waals surface area contributed by atoms with Crippen LogP contribution in [0.25, 0.3) is 11.4 Å². The molecule has 0 radical (unpaired) electrons. The number of hydrogen-bond acceptors (Lipinski definition) is 4. The van der Waals surface area contributed by atoms with Crippen LogP contribution >= 0.6 is 11.6 Å². The molecule has 1 unspecified atom stereocenters. The molecule has 1 aromatic carbocycles. The maximum atomic E-state index is 6.15. The second-order valence-corrected chi connectivity index (χ2v) is 5.25. The van der Waals surface area contributed by atoms with Crippen molar-refractivity contribution in [3.05, 3.63) is 41.6 Å². The molecule has 1 aromatic heterocycles. The Bertz CT molecular complexity index is 591. The van der Waals surface area contributed by atoms with Gasteiger partial charge in [0.1, 0.15) is 11.0 Å². The number of halogens is 1. The highest BCUT2D eigenvalue weighted by Crippen LogP contribution is 2.23. The van der Waals surface area contributed by atoms with E-state index >= 15 is 0 Å². The molecule has 2 heterocycles. The van der Waals surface area contributed by atoms with Crippen molar-refractivity contribution in [1.82, 2.24) is 9.97 Å². The Morgan fingerprint density at radius 3 is 2.80 bits per heavy atom. The molecule has 1 atom stereocenters. The van der Waals surface area contributed by atoms with Crippen LogP contribution in [0, 0.1) is 0 Å². The van der Waals surface area contributed by atoms with Gasteiger partial charge < -0.3 is 9.64 Å². The van der Waals surface area contributed by atoms with Gasteiger partial charge in [0.25, 0.3) is 0 Å². The molecule has 0 N–H and O–H groups in total. The summed E-state index contributed by atoms with van der Waals surface area (Å²) < 4.78 is 5.56. The minimum Gasteiger partial charge on any atom is -0.375 e. The molecule has 3 rings (SSSR count). The van der Waals surface area contributed by atoms with Crippen LogP contribution in [0.2, 0.25) is 5.15 Å². The van der Waals surface area contributed by atoms with Gasteiger partial charge in [-0.3, -0.25) is 0 Å². The Balaban J connectivity index is 1.94. The number of benzene rings is 1. The van der Waals surface area contributed by atoms with E-state index in [4.69, 9.17) is 16.3 Å². The summed E-state index contributed by atoms with van der Waals surface area (Å²) in [6.07, 6.45) is 0.206. The van der Waals surface area contributed by atoms with Crippen molar-refractivity contribution in [3.8, 4) is 11.4 Å². The summed E-state index contributed by atoms with van der Waals surface area (Å²) in [5, 5.41) is 0.466. The predicted molar refractivity (Wildman–Crippen MR) is 80.1 cm³/mol. The van der Waals surface area contributed by atoms with E-state index in [1.165, 1.54) is 0 Å². The molecule has 0 amide bonds. The fourth-order valence-corrected chi connectivity index (χ4v) is 2.49. The van der Waals surface area contributed by atoms with Crippen LogP contribution in [0.5, 0.6) is 0 Å². The number of anilines is 1. The Labute approximate surface area is 123 Å². The first-order valence-electron chi connectivity index (χ1n) is 6.69. The molecule has 20 heavy (non-hydrogen) atoms. The van der Waals surface area contributed by atoms with Crippen LogP contribution < -0.4 is 4.90 Å². The molecule has 1 saturated heterocycles. The predicted octanol–water partition coefficient (Wildman–Crippen LogP) is 3.02. The first-order valence-corrected chi connectivity index (χ1v) is 7.07. The molecule has 0 bridgehead atoms. The van der Waals surface area contributed by atoms with E-state index < -0.39 is 0 Å². The van der Waals surface area contributed by atoms with Crippen molar-refractivity contribution in [2.45, 2.75) is 13.0 Å². The molecule has 2 aromatic rings. The first-order chi connectivity index (χ1) is 9.72. The standard InChI is InChI=1S/C15H16ClN3O/c1-11-10-19(7-8-20-11)14-9-13(16)17-15(18-14)12-5-3-2-4-6-12/h2-6,9,11H,7-8,10H2,1H3. The normalized spacial score (nSPS) is 19.1. The highest BCUT2D eigenvalue weighted by Gasteiger charge is 2.19. The Morgan fingerprint density at radius 2 is 2.05 bits per heavy atom. The zero-order valence-electron chi connectivity index (χ0n) is 11.3. The van der Waals surface area contributed by atoms with Crippen molar-refractivity contribution in [1.29, 1.82) is 0 Å². The Hall–Kier alpha value is -1.65. The Morgan fingerprint density at radius 1 is 1.25 bits per heavy atom. The van der Waals surface area contributed by atoms with E-state index in [-0.39, 0.29) is 6.10 Å². The topological polar surface area (TPSA) is 38.2 Å². The molecular weight excluding hydrogens is 274 g/mol. The zero-order valence-corrected chi connectivity index (χ0v) is 12.0. The van der Waals surface area contributed by atoms with Crippen molar-refractivity contribution in [3.63, 3.8) is 0 Å². The highest BCUT2D eigenvalue weighted by atomic mass is 35.5. The third-order valence-corrected chi connectivity index (χ3v) is 3.47. The summed E-state index contributed by atoms with van der Waals surface area (Å²) >= 11 is 6.15. The molecule has 0 aliphatic carbocycles. The lowest BCUT2D eigenvalue weighted by Gasteiger charge is -2.32. The summed E-state index contributed by atoms with van der Waals surface area (Å²) in [5.41, 5.74) is 0.970. The van der Waals surface area contributed by atoms with Crippen LogP contribution in [0.4, 0.5) is 5.82 Å². The molecule has 1 fully saturated rings. The fraction of sp³-hybridized carbons (Fsp3) is 0.333. The minimum absolute atomic E-state index is 0.206. The zero-order chi connectivity index (χ0) is 13.9. The van der Waals surface area contributed by atoms with E-state index in [0.29, 0.717) is 17.6 Å². The van der Waals surface area contributed by atoms with Crippen molar-refractivity contribution in [2.24, 2.45) is 0 Å². The van der Waals surface area contributed by atoms with E-state index in [0.717, 1.165) is 24.5 Å². The van der Waals surface area contributed by atoms with Crippen molar-refractivity contribution < 1.29 is 4.74 Å². The van der Waals surface area contributed by atoms with Gasteiger partial charge in [0, 0.05) is 24.7 Å². The van der Waals surface area contributed by atoms with Crippen molar-refractivity contribution >= 4 is 17.4 Å². The SMILES string of the molecule is CC1CN(c2cc(Cl)nc(-c3ccccc3)n2)CCO1. The maximum absolute atomic E-state index is 6.15. The van der Waals surface area contributed by atoms with E-state index in [1.54, 1.807) is 0 Å². The number of ether oxygens (including phenoxy) is 1. The van der Waals surface area contributed by atoms with Crippen LogP contribution in [-0.2, 0) is 4.74 Å². The van der Waals surface area contributed by atoms with Gasteiger partial charge in [0.15, 0.2) is 5.82 Å². The molecule has 1 aliphatic heterocycles. The molecule has 0 spiro atoms.